The van der Waals surface area contributed by atoms with Gasteiger partial charge in [0, 0.05) is 29.7 Å². The molecule has 5 heteroatoms. The molecule has 1 heterocycles. The summed E-state index contributed by atoms with van der Waals surface area (Å²) in [6.45, 7) is 2.35. The highest BCUT2D eigenvalue weighted by atomic mass is 35.5. The Bertz CT molecular complexity index is 470. The number of halogens is 1. The SMILES string of the molecule is COc1cc(Cl)cc(C2CNCCO2)c1OC1CCC1. The van der Waals surface area contributed by atoms with E-state index in [4.69, 9.17) is 25.8 Å². The summed E-state index contributed by atoms with van der Waals surface area (Å²) in [7, 11) is 1.64. The van der Waals surface area contributed by atoms with E-state index in [0.717, 1.165) is 37.2 Å². The van der Waals surface area contributed by atoms with Crippen LogP contribution >= 0.6 is 11.6 Å². The first-order valence-electron chi connectivity index (χ1n) is 7.14. The van der Waals surface area contributed by atoms with E-state index in [1.54, 1.807) is 13.2 Å². The second-order valence-corrected chi connectivity index (χ2v) is 5.70. The van der Waals surface area contributed by atoms with E-state index in [0.29, 0.717) is 23.5 Å². The summed E-state index contributed by atoms with van der Waals surface area (Å²) in [4.78, 5) is 0. The second kappa shape index (κ2) is 6.20. The normalized spacial score (nSPS) is 23.2. The van der Waals surface area contributed by atoms with Crippen molar-refractivity contribution < 1.29 is 14.2 Å². The highest BCUT2D eigenvalue weighted by molar-refractivity contribution is 6.30. The fourth-order valence-electron chi connectivity index (χ4n) is 2.53. The third-order valence-electron chi connectivity index (χ3n) is 3.88. The van der Waals surface area contributed by atoms with Gasteiger partial charge in [-0.1, -0.05) is 11.6 Å². The molecule has 1 aromatic rings. The van der Waals surface area contributed by atoms with E-state index < -0.39 is 0 Å². The quantitative estimate of drug-likeness (QED) is 0.927. The van der Waals surface area contributed by atoms with Crippen LogP contribution in [-0.2, 0) is 4.74 Å². The van der Waals surface area contributed by atoms with Gasteiger partial charge in [-0.05, 0) is 25.3 Å². The molecule has 1 unspecified atom stereocenters. The molecule has 3 rings (SSSR count). The fraction of sp³-hybridized carbons (Fsp3) is 0.600. The second-order valence-electron chi connectivity index (χ2n) is 5.26. The minimum absolute atomic E-state index is 0.0357. The summed E-state index contributed by atoms with van der Waals surface area (Å²) < 4.78 is 17.4. The van der Waals surface area contributed by atoms with Gasteiger partial charge in [0.25, 0.3) is 0 Å². The van der Waals surface area contributed by atoms with Crippen molar-refractivity contribution in [1.29, 1.82) is 0 Å². The molecule has 1 aliphatic carbocycles. The first kappa shape index (κ1) is 14.0. The predicted molar refractivity (Wildman–Crippen MR) is 77.8 cm³/mol. The third kappa shape index (κ3) is 2.87. The third-order valence-corrected chi connectivity index (χ3v) is 4.10. The molecule has 110 valence electrons. The lowest BCUT2D eigenvalue weighted by Gasteiger charge is -2.31. The molecule has 1 saturated carbocycles. The Kier molecular flexibility index (Phi) is 4.34. The number of benzene rings is 1. The smallest absolute Gasteiger partial charge is 0.167 e. The molecular weight excluding hydrogens is 278 g/mol. The van der Waals surface area contributed by atoms with Crippen LogP contribution < -0.4 is 14.8 Å². The summed E-state index contributed by atoms with van der Waals surface area (Å²) in [5.74, 6) is 1.48. The number of ether oxygens (including phenoxy) is 3. The number of morpholine rings is 1. The topological polar surface area (TPSA) is 39.7 Å². The van der Waals surface area contributed by atoms with Crippen molar-refractivity contribution in [3.63, 3.8) is 0 Å². The molecule has 0 aromatic heterocycles. The fourth-order valence-corrected chi connectivity index (χ4v) is 2.74. The zero-order valence-electron chi connectivity index (χ0n) is 11.7. The zero-order valence-corrected chi connectivity index (χ0v) is 12.4. The van der Waals surface area contributed by atoms with Crippen molar-refractivity contribution in [3.05, 3.63) is 22.7 Å². The standard InChI is InChI=1S/C15H20ClNO3/c1-18-13-8-10(16)7-12(14-9-17-5-6-19-14)15(13)20-11-3-2-4-11/h7-8,11,14,17H,2-6,9H2,1H3. The van der Waals surface area contributed by atoms with Gasteiger partial charge in [-0.25, -0.2) is 0 Å². The Morgan fingerprint density at radius 2 is 2.20 bits per heavy atom. The summed E-state index contributed by atoms with van der Waals surface area (Å²) in [6, 6.07) is 3.73. The van der Waals surface area contributed by atoms with E-state index in [1.807, 2.05) is 6.07 Å². The van der Waals surface area contributed by atoms with E-state index >= 15 is 0 Å². The van der Waals surface area contributed by atoms with Crippen LogP contribution in [0.15, 0.2) is 12.1 Å². The highest BCUT2D eigenvalue weighted by Gasteiger charge is 2.27. The molecule has 4 nitrogen and oxygen atoms in total. The van der Waals surface area contributed by atoms with Crippen LogP contribution in [0.25, 0.3) is 0 Å². The average Bonchev–Trinajstić information content (AvgIpc) is 2.44. The van der Waals surface area contributed by atoms with Gasteiger partial charge in [0.15, 0.2) is 11.5 Å². The van der Waals surface area contributed by atoms with Crippen LogP contribution in [0.5, 0.6) is 11.5 Å². The predicted octanol–water partition coefficient (Wildman–Crippen LogP) is 2.94. The average molecular weight is 298 g/mol. The summed E-state index contributed by atoms with van der Waals surface area (Å²) in [5, 5.41) is 3.98. The lowest BCUT2D eigenvalue weighted by Crippen LogP contribution is -2.34. The Labute approximate surface area is 124 Å². The minimum atomic E-state index is -0.0357. The molecule has 0 spiro atoms. The lowest BCUT2D eigenvalue weighted by molar-refractivity contribution is 0.0230. The van der Waals surface area contributed by atoms with Crippen molar-refractivity contribution in [2.24, 2.45) is 0 Å². The molecule has 2 fully saturated rings. The van der Waals surface area contributed by atoms with Gasteiger partial charge < -0.3 is 19.5 Å². The molecule has 1 N–H and O–H groups in total. The number of hydrogen-bond donors (Lipinski definition) is 1. The van der Waals surface area contributed by atoms with Gasteiger partial charge in [-0.2, -0.15) is 0 Å². The first-order valence-corrected chi connectivity index (χ1v) is 7.52. The highest BCUT2D eigenvalue weighted by Crippen LogP contribution is 2.41. The van der Waals surface area contributed by atoms with Crippen molar-refractivity contribution in [2.45, 2.75) is 31.5 Å². The maximum atomic E-state index is 6.19. The van der Waals surface area contributed by atoms with E-state index in [9.17, 15) is 0 Å². The molecule has 1 aliphatic heterocycles. The van der Waals surface area contributed by atoms with Crippen LogP contribution in [0.4, 0.5) is 0 Å². The van der Waals surface area contributed by atoms with Crippen LogP contribution in [-0.4, -0.2) is 32.9 Å². The minimum Gasteiger partial charge on any atom is -0.493 e. The van der Waals surface area contributed by atoms with E-state index in [1.165, 1.54) is 6.42 Å². The number of hydrogen-bond acceptors (Lipinski definition) is 4. The molecule has 0 bridgehead atoms. The largest absolute Gasteiger partial charge is 0.493 e. The van der Waals surface area contributed by atoms with Gasteiger partial charge >= 0.3 is 0 Å². The van der Waals surface area contributed by atoms with Crippen LogP contribution in [0.3, 0.4) is 0 Å². The number of rotatable bonds is 4. The van der Waals surface area contributed by atoms with Gasteiger partial charge in [0.05, 0.1) is 25.9 Å². The molecule has 1 aromatic carbocycles. The number of nitrogens with one attached hydrogen (secondary N) is 1. The summed E-state index contributed by atoms with van der Waals surface area (Å²) >= 11 is 6.19. The summed E-state index contributed by atoms with van der Waals surface area (Å²) in [5.41, 5.74) is 0.980. The van der Waals surface area contributed by atoms with E-state index in [2.05, 4.69) is 5.32 Å². The molecule has 0 amide bonds. The van der Waals surface area contributed by atoms with Crippen LogP contribution in [0.1, 0.15) is 30.9 Å². The van der Waals surface area contributed by atoms with Crippen molar-refractivity contribution >= 4 is 11.6 Å². The Morgan fingerprint density at radius 1 is 1.35 bits per heavy atom. The molecule has 20 heavy (non-hydrogen) atoms. The molecule has 0 radical (unpaired) electrons. The maximum Gasteiger partial charge on any atom is 0.167 e. The molecule has 2 aliphatic rings. The van der Waals surface area contributed by atoms with Crippen molar-refractivity contribution in [3.8, 4) is 11.5 Å². The molecule has 1 atom stereocenters. The van der Waals surface area contributed by atoms with Gasteiger partial charge in [-0.15, -0.1) is 0 Å². The zero-order chi connectivity index (χ0) is 13.9. The Morgan fingerprint density at radius 3 is 2.80 bits per heavy atom. The molecular formula is C15H20ClNO3. The van der Waals surface area contributed by atoms with Gasteiger partial charge in [0.2, 0.25) is 0 Å². The maximum absolute atomic E-state index is 6.19. The monoisotopic (exact) mass is 297 g/mol. The Balaban J connectivity index is 1.93. The van der Waals surface area contributed by atoms with Crippen molar-refractivity contribution in [2.75, 3.05) is 26.8 Å². The Hall–Kier alpha value is -0.970. The lowest BCUT2D eigenvalue weighted by atomic mass is 9.96. The van der Waals surface area contributed by atoms with Gasteiger partial charge in [-0.3, -0.25) is 0 Å². The van der Waals surface area contributed by atoms with Crippen molar-refractivity contribution in [1.82, 2.24) is 5.32 Å². The van der Waals surface area contributed by atoms with Gasteiger partial charge in [0.1, 0.15) is 0 Å². The molecule has 1 saturated heterocycles. The first-order chi connectivity index (χ1) is 9.78. The van der Waals surface area contributed by atoms with E-state index in [-0.39, 0.29) is 6.10 Å². The number of methoxy groups -OCH3 is 1. The van der Waals surface area contributed by atoms with Crippen LogP contribution in [0.2, 0.25) is 5.02 Å². The summed E-state index contributed by atoms with van der Waals surface area (Å²) in [6.07, 6.45) is 3.70. The van der Waals surface area contributed by atoms with Crippen LogP contribution in [0, 0.1) is 0 Å².